The van der Waals surface area contributed by atoms with E-state index in [2.05, 4.69) is 20.7 Å². The van der Waals surface area contributed by atoms with Crippen LogP contribution in [0.1, 0.15) is 23.9 Å². The second kappa shape index (κ2) is 5.62. The number of carbonyl (C=O) groups excluding carboxylic acids is 2. The van der Waals surface area contributed by atoms with Crippen LogP contribution in [-0.4, -0.2) is 26.6 Å². The van der Waals surface area contributed by atoms with Crippen molar-refractivity contribution in [1.82, 2.24) is 14.8 Å². The summed E-state index contributed by atoms with van der Waals surface area (Å²) in [5.74, 6) is -0.563. The smallest absolute Gasteiger partial charge is 0.324 e. The Bertz CT molecular complexity index is 815. The average molecular weight is 339 g/mol. The van der Waals surface area contributed by atoms with Crippen LogP contribution in [-0.2, 0) is 15.8 Å². The molecule has 1 unspecified atom stereocenters. The van der Waals surface area contributed by atoms with Crippen LogP contribution < -0.4 is 10.6 Å². The summed E-state index contributed by atoms with van der Waals surface area (Å²) in [5, 5.41) is 8.90. The van der Waals surface area contributed by atoms with Gasteiger partial charge in [0.15, 0.2) is 0 Å². The molecule has 126 valence electrons. The molecule has 7 nitrogen and oxygen atoms in total. The number of amides is 2. The molecule has 0 saturated heterocycles. The number of carbonyl (C=O) groups is 2. The van der Waals surface area contributed by atoms with Gasteiger partial charge in [0.2, 0.25) is 17.8 Å². The number of nitrogens with one attached hydrogen (secondary N) is 2. The molecule has 3 rings (SSSR count). The fraction of sp³-hybridized carbons (Fsp3) is 0.286. The number of halogens is 3. The monoisotopic (exact) mass is 339 g/mol. The summed E-state index contributed by atoms with van der Waals surface area (Å²) in [6.45, 7) is 1.60. The van der Waals surface area contributed by atoms with Crippen LogP contribution >= 0.6 is 0 Å². The number of aromatic nitrogens is 3. The Morgan fingerprint density at radius 2 is 2.17 bits per heavy atom. The van der Waals surface area contributed by atoms with Crippen LogP contribution in [0.2, 0.25) is 0 Å². The Hall–Kier alpha value is -2.91. The predicted octanol–water partition coefficient (Wildman–Crippen LogP) is 2.13. The zero-order valence-electron chi connectivity index (χ0n) is 12.4. The first-order chi connectivity index (χ1) is 11.2. The van der Waals surface area contributed by atoms with Crippen LogP contribution in [0.4, 0.5) is 24.8 Å². The highest BCUT2D eigenvalue weighted by atomic mass is 19.4. The third-order valence-corrected chi connectivity index (χ3v) is 3.42. The molecule has 0 spiro atoms. The minimum absolute atomic E-state index is 0.0146. The summed E-state index contributed by atoms with van der Waals surface area (Å²) in [5.41, 5.74) is -0.891. The lowest BCUT2D eigenvalue weighted by Gasteiger charge is -2.22. The van der Waals surface area contributed by atoms with Crippen LogP contribution in [0.3, 0.4) is 0 Å². The summed E-state index contributed by atoms with van der Waals surface area (Å²) in [6.07, 6.45) is -4.69. The first kappa shape index (κ1) is 16.0. The van der Waals surface area contributed by atoms with E-state index >= 15 is 0 Å². The largest absolute Gasteiger partial charge is 0.416 e. The third-order valence-electron chi connectivity index (χ3n) is 3.42. The number of rotatable bonds is 2. The van der Waals surface area contributed by atoms with Crippen molar-refractivity contribution in [3.8, 4) is 0 Å². The molecule has 10 heteroatoms. The normalized spacial score (nSPS) is 17.2. The van der Waals surface area contributed by atoms with Crippen molar-refractivity contribution in [3.05, 3.63) is 35.7 Å². The van der Waals surface area contributed by atoms with Crippen molar-refractivity contribution in [3.63, 3.8) is 0 Å². The summed E-state index contributed by atoms with van der Waals surface area (Å²) in [4.78, 5) is 28.0. The Morgan fingerprint density at radius 1 is 1.42 bits per heavy atom. The first-order valence-electron chi connectivity index (χ1n) is 6.95. The minimum Gasteiger partial charge on any atom is -0.324 e. The molecule has 2 N–H and O–H groups in total. The van der Waals surface area contributed by atoms with E-state index < -0.39 is 29.6 Å². The highest BCUT2D eigenvalue weighted by molar-refractivity contribution is 6.00. The second-order valence-electron chi connectivity index (χ2n) is 5.26. The lowest BCUT2D eigenvalue weighted by Crippen LogP contribution is -2.36. The van der Waals surface area contributed by atoms with Crippen LogP contribution in [0.15, 0.2) is 24.3 Å². The van der Waals surface area contributed by atoms with Gasteiger partial charge < -0.3 is 5.32 Å². The van der Waals surface area contributed by atoms with Gasteiger partial charge in [-0.15, -0.1) is 0 Å². The van der Waals surface area contributed by atoms with Gasteiger partial charge in [-0.05, 0) is 25.1 Å². The molecule has 0 fully saturated rings. The molecule has 1 aromatic carbocycles. The topological polar surface area (TPSA) is 88.9 Å². The van der Waals surface area contributed by atoms with Gasteiger partial charge in [0, 0.05) is 5.69 Å². The van der Waals surface area contributed by atoms with E-state index in [1.165, 1.54) is 16.8 Å². The zero-order chi connectivity index (χ0) is 17.5. The summed E-state index contributed by atoms with van der Waals surface area (Å²) >= 11 is 0. The average Bonchev–Trinajstić information content (AvgIpc) is 2.85. The number of anilines is 2. The lowest BCUT2D eigenvalue weighted by atomic mass is 10.1. The molecule has 2 heterocycles. The number of hydrogen-bond donors (Lipinski definition) is 2. The van der Waals surface area contributed by atoms with Gasteiger partial charge in [-0.3, -0.25) is 14.9 Å². The Labute approximate surface area is 133 Å². The Kier molecular flexibility index (Phi) is 3.74. The number of alkyl halides is 3. The van der Waals surface area contributed by atoms with Crippen molar-refractivity contribution < 1.29 is 22.8 Å². The first-order valence-corrected chi connectivity index (χ1v) is 6.95. The SMILES string of the molecule is Cc1nc2n(n1)C(C(=O)Nc1cccc(C(F)(F)F)c1)CC(=O)N2. The quantitative estimate of drug-likeness (QED) is 0.877. The number of benzene rings is 1. The van der Waals surface area contributed by atoms with E-state index in [0.717, 1.165) is 12.1 Å². The number of hydrogen-bond acceptors (Lipinski definition) is 4. The number of nitrogens with zero attached hydrogens (tertiary/aromatic N) is 3. The van der Waals surface area contributed by atoms with E-state index in [-0.39, 0.29) is 18.1 Å². The van der Waals surface area contributed by atoms with E-state index in [0.29, 0.717) is 5.82 Å². The molecule has 0 aliphatic carbocycles. The zero-order valence-corrected chi connectivity index (χ0v) is 12.4. The minimum atomic E-state index is -4.51. The van der Waals surface area contributed by atoms with Gasteiger partial charge in [-0.1, -0.05) is 6.07 Å². The summed E-state index contributed by atoms with van der Waals surface area (Å²) in [6, 6.07) is 3.28. The molecule has 1 atom stereocenters. The van der Waals surface area contributed by atoms with E-state index in [1.807, 2.05) is 0 Å². The van der Waals surface area contributed by atoms with E-state index in [4.69, 9.17) is 0 Å². The van der Waals surface area contributed by atoms with Gasteiger partial charge in [0.05, 0.1) is 12.0 Å². The summed E-state index contributed by atoms with van der Waals surface area (Å²) in [7, 11) is 0. The van der Waals surface area contributed by atoms with Crippen molar-refractivity contribution >= 4 is 23.5 Å². The molecule has 0 saturated carbocycles. The number of aryl methyl sites for hydroxylation is 1. The van der Waals surface area contributed by atoms with Gasteiger partial charge >= 0.3 is 6.18 Å². The molecular weight excluding hydrogens is 327 g/mol. The van der Waals surface area contributed by atoms with Crippen LogP contribution in [0.25, 0.3) is 0 Å². The standard InChI is InChI=1S/C14H12F3N5O2/c1-7-18-13-20-11(23)6-10(22(13)21-7)12(24)19-9-4-2-3-8(5-9)14(15,16)17/h2-5,10H,6H2,1H3,(H,19,24)(H,18,20,21,23). The van der Waals surface area contributed by atoms with E-state index in [9.17, 15) is 22.8 Å². The van der Waals surface area contributed by atoms with E-state index in [1.54, 1.807) is 6.92 Å². The lowest BCUT2D eigenvalue weighted by molar-refractivity contribution is -0.137. The fourth-order valence-electron chi connectivity index (χ4n) is 2.37. The molecule has 1 aliphatic rings. The van der Waals surface area contributed by atoms with Gasteiger partial charge in [-0.25, -0.2) is 4.68 Å². The molecule has 2 amide bonds. The number of fused-ring (bicyclic) bond motifs is 1. The van der Waals surface area contributed by atoms with Gasteiger partial charge in [0.1, 0.15) is 11.9 Å². The van der Waals surface area contributed by atoms with Gasteiger partial charge in [-0.2, -0.15) is 23.3 Å². The third kappa shape index (κ3) is 3.07. The Balaban J connectivity index is 1.84. The van der Waals surface area contributed by atoms with Crippen molar-refractivity contribution in [1.29, 1.82) is 0 Å². The van der Waals surface area contributed by atoms with Crippen LogP contribution in [0, 0.1) is 6.92 Å². The predicted molar refractivity (Wildman–Crippen MR) is 77.1 cm³/mol. The molecule has 24 heavy (non-hydrogen) atoms. The summed E-state index contributed by atoms with van der Waals surface area (Å²) < 4.78 is 39.4. The second-order valence-corrected chi connectivity index (χ2v) is 5.26. The fourth-order valence-corrected chi connectivity index (χ4v) is 2.37. The maximum absolute atomic E-state index is 12.7. The molecule has 0 radical (unpaired) electrons. The Morgan fingerprint density at radius 3 is 2.88 bits per heavy atom. The molecular formula is C14H12F3N5O2. The maximum atomic E-state index is 12.7. The molecule has 0 bridgehead atoms. The van der Waals surface area contributed by atoms with Crippen molar-refractivity contribution in [2.75, 3.05) is 10.6 Å². The highest BCUT2D eigenvalue weighted by Gasteiger charge is 2.33. The van der Waals surface area contributed by atoms with Gasteiger partial charge in [0.25, 0.3) is 0 Å². The van der Waals surface area contributed by atoms with Crippen LogP contribution in [0.5, 0.6) is 0 Å². The van der Waals surface area contributed by atoms with Crippen molar-refractivity contribution in [2.24, 2.45) is 0 Å². The van der Waals surface area contributed by atoms with Crippen molar-refractivity contribution in [2.45, 2.75) is 25.6 Å². The molecule has 1 aliphatic heterocycles. The maximum Gasteiger partial charge on any atom is 0.416 e. The molecule has 2 aromatic rings. The highest BCUT2D eigenvalue weighted by Crippen LogP contribution is 2.31. The molecule has 1 aromatic heterocycles.